The number of carbonyl (C=O) groups excluding carboxylic acids is 1. The number of para-hydroxylation sites is 1. The summed E-state index contributed by atoms with van der Waals surface area (Å²) >= 11 is 0. The summed E-state index contributed by atoms with van der Waals surface area (Å²) in [5, 5.41) is 12.4. The van der Waals surface area contributed by atoms with Gasteiger partial charge in [0.1, 0.15) is 11.3 Å². The Morgan fingerprint density at radius 3 is 2.30 bits per heavy atom. The molecule has 0 aromatic heterocycles. The third-order valence-electron chi connectivity index (χ3n) is 4.10. The number of ether oxygens (including phenoxy) is 1. The molecule has 128 valence electrons. The van der Waals surface area contributed by atoms with Crippen LogP contribution in [-0.2, 0) is 4.74 Å². The molecule has 5 nitrogen and oxygen atoms in total. The van der Waals surface area contributed by atoms with Crippen molar-refractivity contribution in [2.75, 3.05) is 27.2 Å². The minimum atomic E-state index is -0.468. The van der Waals surface area contributed by atoms with Gasteiger partial charge >= 0.3 is 6.09 Å². The number of likely N-dealkylation sites (tertiary alicyclic amines) is 1. The van der Waals surface area contributed by atoms with Gasteiger partial charge in [0.2, 0.25) is 0 Å². The molecule has 1 amide bonds. The van der Waals surface area contributed by atoms with E-state index < -0.39 is 10.2 Å². The SMILES string of the molecule is CC(C)(C)OC(=O)N1CCC(c2ccccc2[N+](C)(C)[O-])CC1. The smallest absolute Gasteiger partial charge is 0.410 e. The maximum atomic E-state index is 12.4. The van der Waals surface area contributed by atoms with Crippen LogP contribution in [0.1, 0.15) is 45.1 Å². The molecule has 1 aliphatic heterocycles. The van der Waals surface area contributed by atoms with Gasteiger partial charge in [0, 0.05) is 18.7 Å². The third-order valence-corrected chi connectivity index (χ3v) is 4.10. The molecule has 0 saturated carbocycles. The van der Waals surface area contributed by atoms with Crippen molar-refractivity contribution in [3.63, 3.8) is 0 Å². The number of nitrogens with zero attached hydrogens (tertiary/aromatic N) is 2. The van der Waals surface area contributed by atoms with Gasteiger partial charge in [-0.05, 0) is 45.6 Å². The Morgan fingerprint density at radius 2 is 1.78 bits per heavy atom. The summed E-state index contributed by atoms with van der Waals surface area (Å²) in [6.07, 6.45) is 1.47. The fraction of sp³-hybridized carbons (Fsp3) is 0.611. The van der Waals surface area contributed by atoms with E-state index in [9.17, 15) is 10.0 Å². The molecule has 1 aromatic rings. The summed E-state index contributed by atoms with van der Waals surface area (Å²) in [6, 6.07) is 7.84. The highest BCUT2D eigenvalue weighted by Crippen LogP contribution is 2.36. The van der Waals surface area contributed by atoms with Crippen molar-refractivity contribution in [3.05, 3.63) is 35.0 Å². The normalized spacial score (nSPS) is 17.2. The summed E-state index contributed by atoms with van der Waals surface area (Å²) in [5.74, 6) is 0.316. The van der Waals surface area contributed by atoms with Crippen molar-refractivity contribution in [1.82, 2.24) is 9.55 Å². The van der Waals surface area contributed by atoms with Crippen molar-refractivity contribution < 1.29 is 9.53 Å². The van der Waals surface area contributed by atoms with E-state index in [0.29, 0.717) is 19.0 Å². The quantitative estimate of drug-likeness (QED) is 0.614. The number of carbonyl (C=O) groups is 1. The second kappa shape index (κ2) is 6.49. The van der Waals surface area contributed by atoms with E-state index in [0.717, 1.165) is 24.1 Å². The van der Waals surface area contributed by atoms with Gasteiger partial charge in [-0.1, -0.05) is 18.2 Å². The average molecular weight is 320 g/mol. The summed E-state index contributed by atoms with van der Waals surface area (Å²) in [6.45, 7) is 6.97. The van der Waals surface area contributed by atoms with Crippen molar-refractivity contribution in [2.45, 2.75) is 45.1 Å². The highest BCUT2D eigenvalue weighted by Gasteiger charge is 2.29. The van der Waals surface area contributed by atoms with Crippen molar-refractivity contribution >= 4 is 11.8 Å². The van der Waals surface area contributed by atoms with Crippen LogP contribution in [0.2, 0.25) is 0 Å². The lowest BCUT2D eigenvalue weighted by Gasteiger charge is -2.38. The third kappa shape index (κ3) is 4.69. The number of benzene rings is 1. The molecule has 5 heteroatoms. The summed E-state index contributed by atoms with van der Waals surface area (Å²) in [5.41, 5.74) is 1.45. The van der Waals surface area contributed by atoms with E-state index in [-0.39, 0.29) is 6.09 Å². The van der Waals surface area contributed by atoms with Crippen molar-refractivity contribution in [2.24, 2.45) is 0 Å². The van der Waals surface area contributed by atoms with E-state index in [2.05, 4.69) is 0 Å². The molecule has 0 atom stereocenters. The first-order chi connectivity index (χ1) is 10.6. The number of hydrogen-bond donors (Lipinski definition) is 0. The predicted molar refractivity (Wildman–Crippen MR) is 93.2 cm³/mol. The van der Waals surface area contributed by atoms with Crippen LogP contribution in [0.25, 0.3) is 0 Å². The van der Waals surface area contributed by atoms with Gasteiger partial charge in [0.15, 0.2) is 0 Å². The van der Waals surface area contributed by atoms with Crippen molar-refractivity contribution in [1.29, 1.82) is 0 Å². The lowest BCUT2D eigenvalue weighted by molar-refractivity contribution is 0.0205. The molecular formula is C18H28N2O3. The van der Waals surface area contributed by atoms with Crippen LogP contribution in [-0.4, -0.2) is 43.8 Å². The Kier molecular flexibility index (Phi) is 5.01. The average Bonchev–Trinajstić information content (AvgIpc) is 2.45. The molecule has 0 unspecified atom stereocenters. The number of hydrogen-bond acceptors (Lipinski definition) is 3. The zero-order chi connectivity index (χ0) is 17.3. The highest BCUT2D eigenvalue weighted by atomic mass is 16.6. The molecule has 1 heterocycles. The Morgan fingerprint density at radius 1 is 1.22 bits per heavy atom. The Hall–Kier alpha value is -1.59. The Balaban J connectivity index is 2.04. The van der Waals surface area contributed by atoms with E-state index in [1.54, 1.807) is 19.0 Å². The molecule has 0 aliphatic carbocycles. The molecule has 1 aliphatic rings. The van der Waals surface area contributed by atoms with Gasteiger partial charge in [-0.3, -0.25) is 0 Å². The zero-order valence-electron chi connectivity index (χ0n) is 14.8. The van der Waals surface area contributed by atoms with Crippen LogP contribution in [0.5, 0.6) is 0 Å². The number of rotatable bonds is 2. The summed E-state index contributed by atoms with van der Waals surface area (Å²) < 4.78 is 5.00. The molecule has 0 spiro atoms. The molecule has 1 aromatic carbocycles. The Labute approximate surface area is 139 Å². The van der Waals surface area contributed by atoms with Gasteiger partial charge in [0.25, 0.3) is 0 Å². The second-order valence-corrected chi connectivity index (χ2v) is 7.65. The molecule has 23 heavy (non-hydrogen) atoms. The van der Waals surface area contributed by atoms with Crippen LogP contribution in [0.3, 0.4) is 0 Å². The minimum absolute atomic E-state index is 0.246. The Bertz CT molecular complexity index is 550. The topological polar surface area (TPSA) is 52.6 Å². The highest BCUT2D eigenvalue weighted by molar-refractivity contribution is 5.68. The lowest BCUT2D eigenvalue weighted by Crippen LogP contribution is -2.41. The first-order valence-electron chi connectivity index (χ1n) is 8.20. The van der Waals surface area contributed by atoms with E-state index in [1.165, 1.54) is 0 Å². The second-order valence-electron chi connectivity index (χ2n) is 7.65. The molecule has 0 bridgehead atoms. The molecule has 0 radical (unpaired) electrons. The van der Waals surface area contributed by atoms with Crippen molar-refractivity contribution in [3.8, 4) is 0 Å². The standard InChI is InChI=1S/C18H28N2O3/c1-18(2,3)23-17(21)19-12-10-14(11-13-19)15-8-6-7-9-16(15)20(4,5)22/h6-9,14H,10-13H2,1-5H3. The molecule has 2 rings (SSSR count). The van der Waals surface area contributed by atoms with Crippen LogP contribution in [0.4, 0.5) is 10.5 Å². The van der Waals surface area contributed by atoms with E-state index in [1.807, 2.05) is 45.0 Å². The zero-order valence-corrected chi connectivity index (χ0v) is 14.8. The maximum absolute atomic E-state index is 12.4. The first kappa shape index (κ1) is 17.8. The van der Waals surface area contributed by atoms with E-state index in [4.69, 9.17) is 4.74 Å². The van der Waals surface area contributed by atoms with E-state index >= 15 is 0 Å². The molecule has 1 fully saturated rings. The van der Waals surface area contributed by atoms with Crippen LogP contribution < -0.4 is 4.65 Å². The van der Waals surface area contributed by atoms with Gasteiger partial charge < -0.3 is 19.5 Å². The van der Waals surface area contributed by atoms with Gasteiger partial charge in [-0.25, -0.2) is 4.79 Å². The minimum Gasteiger partial charge on any atom is -0.628 e. The van der Waals surface area contributed by atoms with Gasteiger partial charge in [-0.2, -0.15) is 0 Å². The van der Waals surface area contributed by atoms with Crippen LogP contribution >= 0.6 is 0 Å². The number of piperidine rings is 1. The lowest BCUT2D eigenvalue weighted by atomic mass is 9.88. The molecule has 0 N–H and O–H groups in total. The largest absolute Gasteiger partial charge is 0.628 e. The fourth-order valence-corrected chi connectivity index (χ4v) is 3.02. The number of quaternary nitrogens is 1. The first-order valence-corrected chi connectivity index (χ1v) is 8.20. The monoisotopic (exact) mass is 320 g/mol. The summed E-state index contributed by atoms with van der Waals surface area (Å²) in [4.78, 5) is 13.9. The number of amides is 1. The number of hydroxylamine groups is 2. The summed E-state index contributed by atoms with van der Waals surface area (Å²) in [7, 11) is 3.29. The fourth-order valence-electron chi connectivity index (χ4n) is 3.02. The maximum Gasteiger partial charge on any atom is 0.410 e. The van der Waals surface area contributed by atoms with Crippen LogP contribution in [0, 0.1) is 5.21 Å². The van der Waals surface area contributed by atoms with Gasteiger partial charge in [-0.15, -0.1) is 0 Å². The molecule has 1 saturated heterocycles. The van der Waals surface area contributed by atoms with Crippen LogP contribution in [0.15, 0.2) is 24.3 Å². The molecular weight excluding hydrogens is 292 g/mol. The van der Waals surface area contributed by atoms with Gasteiger partial charge in [0.05, 0.1) is 14.1 Å². The predicted octanol–water partition coefficient (Wildman–Crippen LogP) is 3.87.